The summed E-state index contributed by atoms with van der Waals surface area (Å²) in [6.07, 6.45) is 2.54. The van der Waals surface area contributed by atoms with Gasteiger partial charge in [0.1, 0.15) is 11.2 Å². The lowest BCUT2D eigenvalue weighted by molar-refractivity contribution is 0.251. The molecule has 1 aromatic rings. The van der Waals surface area contributed by atoms with E-state index in [0.717, 1.165) is 0 Å². The minimum Gasteiger partial charge on any atom is -0.256 e. The fourth-order valence-electron chi connectivity index (χ4n) is 0.811. The Morgan fingerprint density at radius 2 is 2.25 bits per heavy atom. The van der Waals surface area contributed by atoms with E-state index in [4.69, 9.17) is 0 Å². The van der Waals surface area contributed by atoms with E-state index in [2.05, 4.69) is 11.3 Å². The highest BCUT2D eigenvalue weighted by Crippen LogP contribution is 2.26. The van der Waals surface area contributed by atoms with Gasteiger partial charge in [-0.3, -0.25) is 4.68 Å². The molecule has 0 aromatic carbocycles. The van der Waals surface area contributed by atoms with Gasteiger partial charge in [-0.1, -0.05) is 0 Å². The highest BCUT2D eigenvalue weighted by atomic mass is 32.2. The Kier molecular flexibility index (Phi) is 3.08. The largest absolute Gasteiger partial charge is 0.290 e. The van der Waals surface area contributed by atoms with E-state index in [1.165, 1.54) is 10.7 Å². The lowest BCUT2D eigenvalue weighted by Crippen LogP contribution is -2.04. The van der Waals surface area contributed by atoms with Crippen LogP contribution >= 0.6 is 11.8 Å². The molecule has 0 aliphatic heterocycles. The third-order valence-corrected chi connectivity index (χ3v) is 2.00. The van der Waals surface area contributed by atoms with Crippen LogP contribution in [0.3, 0.4) is 0 Å². The number of alkyl halides is 2. The molecular formula is C7H9F2N2S. The van der Waals surface area contributed by atoms with E-state index in [9.17, 15) is 8.78 Å². The highest BCUT2D eigenvalue weighted by Gasteiger charge is 2.11. The fourth-order valence-corrected chi connectivity index (χ4v) is 1.47. The summed E-state index contributed by atoms with van der Waals surface area (Å²) in [4.78, 5) is 0. The number of nitrogens with zero attached hydrogens (tertiary/aromatic N) is 2. The first-order valence-electron chi connectivity index (χ1n) is 3.51. The van der Waals surface area contributed by atoms with Gasteiger partial charge in [-0.15, -0.1) is 0 Å². The van der Waals surface area contributed by atoms with Gasteiger partial charge in [-0.25, -0.2) is 0 Å². The summed E-state index contributed by atoms with van der Waals surface area (Å²) < 4.78 is 25.4. The maximum atomic E-state index is 11.9. The Morgan fingerprint density at radius 3 is 2.75 bits per heavy atom. The average Bonchev–Trinajstić information content (AvgIpc) is 2.33. The summed E-state index contributed by atoms with van der Waals surface area (Å²) in [5.74, 6) is -2.40. The first-order chi connectivity index (χ1) is 5.61. The van der Waals surface area contributed by atoms with Crippen molar-refractivity contribution in [2.24, 2.45) is 0 Å². The van der Waals surface area contributed by atoms with Crippen LogP contribution in [0, 0.1) is 6.20 Å². The Bertz CT molecular complexity index is 247. The summed E-state index contributed by atoms with van der Waals surface area (Å²) in [5.41, 5.74) is 0. The van der Waals surface area contributed by atoms with Gasteiger partial charge in [-0.05, 0) is 31.7 Å². The second-order valence-electron chi connectivity index (χ2n) is 2.53. The van der Waals surface area contributed by atoms with Gasteiger partial charge in [0.25, 0.3) is 5.76 Å². The molecule has 0 atom stereocenters. The molecule has 1 rings (SSSR count). The summed E-state index contributed by atoms with van der Waals surface area (Å²) in [6, 6.07) is 1.56. The molecule has 0 saturated carbocycles. The molecule has 0 bridgehead atoms. The third-order valence-electron chi connectivity index (χ3n) is 1.28. The zero-order chi connectivity index (χ0) is 9.14. The van der Waals surface area contributed by atoms with Crippen molar-refractivity contribution in [3.8, 4) is 0 Å². The highest BCUT2D eigenvalue weighted by molar-refractivity contribution is 7.99. The maximum Gasteiger partial charge on any atom is 0.290 e. The average molecular weight is 191 g/mol. The van der Waals surface area contributed by atoms with Crippen molar-refractivity contribution in [1.82, 2.24) is 9.78 Å². The van der Waals surface area contributed by atoms with Crippen molar-refractivity contribution < 1.29 is 8.78 Å². The molecule has 2 nitrogen and oxygen atoms in total. The van der Waals surface area contributed by atoms with E-state index in [0.29, 0.717) is 16.8 Å². The van der Waals surface area contributed by atoms with Crippen molar-refractivity contribution in [2.45, 2.75) is 30.7 Å². The molecule has 1 heterocycles. The standard InChI is InChI=1S/C7H9F2N2S/c1-5(2)11-6(3-4-10-11)12-7(8)9/h3,5,7H,1-2H3. The predicted molar refractivity (Wildman–Crippen MR) is 43.3 cm³/mol. The molecule has 5 heteroatoms. The van der Waals surface area contributed by atoms with E-state index < -0.39 is 5.76 Å². The normalized spacial score (nSPS) is 11.5. The van der Waals surface area contributed by atoms with Crippen LogP contribution in [0.25, 0.3) is 0 Å². The van der Waals surface area contributed by atoms with Crippen LogP contribution in [-0.2, 0) is 0 Å². The van der Waals surface area contributed by atoms with E-state index in [1.54, 1.807) is 0 Å². The molecule has 67 valence electrons. The third kappa shape index (κ3) is 2.20. The molecular weight excluding hydrogens is 182 g/mol. The summed E-state index contributed by atoms with van der Waals surface area (Å²) in [6.45, 7) is 3.77. The summed E-state index contributed by atoms with van der Waals surface area (Å²) in [5, 5.41) is 4.26. The lowest BCUT2D eigenvalue weighted by Gasteiger charge is -2.09. The zero-order valence-electron chi connectivity index (χ0n) is 6.79. The minimum absolute atomic E-state index is 0.0949. The fraction of sp³-hybridized carbons (Fsp3) is 0.571. The number of thioether (sulfide) groups is 1. The minimum atomic E-state index is -2.40. The molecule has 0 unspecified atom stereocenters. The van der Waals surface area contributed by atoms with Crippen LogP contribution in [0.4, 0.5) is 8.78 Å². The molecule has 0 spiro atoms. The molecule has 0 N–H and O–H groups in total. The molecule has 0 aliphatic carbocycles. The quantitative estimate of drug-likeness (QED) is 0.683. The Morgan fingerprint density at radius 1 is 1.58 bits per heavy atom. The van der Waals surface area contributed by atoms with Crippen molar-refractivity contribution in [3.05, 3.63) is 12.3 Å². The second kappa shape index (κ2) is 3.89. The van der Waals surface area contributed by atoms with Gasteiger partial charge in [0.2, 0.25) is 0 Å². The Hall–Kier alpha value is -0.580. The Labute approximate surface area is 74.0 Å². The van der Waals surface area contributed by atoms with E-state index >= 15 is 0 Å². The number of hydrogen-bond donors (Lipinski definition) is 0. The van der Waals surface area contributed by atoms with Crippen LogP contribution in [0.2, 0.25) is 0 Å². The number of hydrogen-bond acceptors (Lipinski definition) is 2. The van der Waals surface area contributed by atoms with Crippen LogP contribution in [0.1, 0.15) is 19.9 Å². The van der Waals surface area contributed by atoms with Gasteiger partial charge in [0.15, 0.2) is 0 Å². The van der Waals surface area contributed by atoms with Gasteiger partial charge in [0, 0.05) is 6.04 Å². The van der Waals surface area contributed by atoms with Crippen LogP contribution in [-0.4, -0.2) is 15.5 Å². The predicted octanol–water partition coefficient (Wildman–Crippen LogP) is 2.58. The monoisotopic (exact) mass is 191 g/mol. The summed E-state index contributed by atoms with van der Waals surface area (Å²) >= 11 is 0.496. The molecule has 1 aromatic heterocycles. The second-order valence-corrected chi connectivity index (χ2v) is 3.54. The number of halogens is 2. The molecule has 0 saturated heterocycles. The molecule has 0 fully saturated rings. The SMILES string of the molecule is CC(C)n1n[c]cc1SC(F)F. The smallest absolute Gasteiger partial charge is 0.256 e. The summed E-state index contributed by atoms with van der Waals surface area (Å²) in [7, 11) is 0. The van der Waals surface area contributed by atoms with Gasteiger partial charge in [-0.2, -0.15) is 13.9 Å². The van der Waals surface area contributed by atoms with Crippen molar-refractivity contribution in [2.75, 3.05) is 0 Å². The van der Waals surface area contributed by atoms with Gasteiger partial charge < -0.3 is 0 Å². The molecule has 0 amide bonds. The van der Waals surface area contributed by atoms with Crippen molar-refractivity contribution in [1.29, 1.82) is 0 Å². The first-order valence-corrected chi connectivity index (χ1v) is 4.39. The number of aromatic nitrogens is 2. The molecule has 0 aliphatic rings. The van der Waals surface area contributed by atoms with Crippen LogP contribution in [0.5, 0.6) is 0 Å². The van der Waals surface area contributed by atoms with E-state index in [1.807, 2.05) is 13.8 Å². The maximum absolute atomic E-state index is 11.9. The number of rotatable bonds is 3. The Balaban J connectivity index is 2.77. The zero-order valence-corrected chi connectivity index (χ0v) is 7.61. The van der Waals surface area contributed by atoms with E-state index in [-0.39, 0.29) is 6.04 Å². The van der Waals surface area contributed by atoms with Crippen LogP contribution in [0.15, 0.2) is 11.1 Å². The lowest BCUT2D eigenvalue weighted by atomic mass is 10.4. The molecule has 1 radical (unpaired) electrons. The van der Waals surface area contributed by atoms with Gasteiger partial charge >= 0.3 is 0 Å². The van der Waals surface area contributed by atoms with Crippen LogP contribution < -0.4 is 0 Å². The first kappa shape index (κ1) is 9.51. The van der Waals surface area contributed by atoms with Gasteiger partial charge in [0.05, 0.1) is 0 Å². The topological polar surface area (TPSA) is 17.8 Å². The van der Waals surface area contributed by atoms with Crippen molar-refractivity contribution in [3.63, 3.8) is 0 Å². The molecule has 12 heavy (non-hydrogen) atoms. The van der Waals surface area contributed by atoms with Crippen molar-refractivity contribution >= 4 is 11.8 Å².